The lowest BCUT2D eigenvalue weighted by Crippen LogP contribution is -2.33. The number of rotatable bonds is 3. The van der Waals surface area contributed by atoms with Gasteiger partial charge in [0.15, 0.2) is 0 Å². The molecule has 134 valence electrons. The van der Waals surface area contributed by atoms with Gasteiger partial charge in [0.05, 0.1) is 33.9 Å². The first kappa shape index (κ1) is 17.9. The fourth-order valence-corrected chi connectivity index (χ4v) is 3.07. The van der Waals surface area contributed by atoms with Gasteiger partial charge in [-0.1, -0.05) is 17.7 Å². The van der Waals surface area contributed by atoms with Crippen LogP contribution in [0, 0.1) is 13.8 Å². The lowest BCUT2D eigenvalue weighted by Gasteiger charge is -2.20. The van der Waals surface area contributed by atoms with Crippen molar-refractivity contribution in [3.05, 3.63) is 62.9 Å². The molecule has 2 aromatic heterocycles. The van der Waals surface area contributed by atoms with E-state index < -0.39 is 12.1 Å². The van der Waals surface area contributed by atoms with Crippen molar-refractivity contribution in [3.8, 4) is 5.69 Å². The van der Waals surface area contributed by atoms with E-state index in [0.29, 0.717) is 11.2 Å². The number of halogens is 1. The molecule has 0 bridgehead atoms. The molecule has 0 saturated carbocycles. The minimum absolute atomic E-state index is 0.266. The number of nitrogens with zero attached hydrogens (tertiary/aromatic N) is 3. The van der Waals surface area contributed by atoms with Crippen LogP contribution in [0.1, 0.15) is 29.9 Å². The van der Waals surface area contributed by atoms with E-state index in [4.69, 9.17) is 16.7 Å². The van der Waals surface area contributed by atoms with Crippen LogP contribution in [0.15, 0.2) is 35.4 Å². The summed E-state index contributed by atoms with van der Waals surface area (Å²) in [5.41, 5.74) is 2.33. The number of benzene rings is 1. The third-order valence-electron chi connectivity index (χ3n) is 4.28. The molecule has 2 heterocycles. The van der Waals surface area contributed by atoms with Gasteiger partial charge >= 0.3 is 6.09 Å². The molecule has 0 radical (unpaired) electrons. The number of carbonyl (C=O) groups is 1. The van der Waals surface area contributed by atoms with Crippen LogP contribution < -0.4 is 10.9 Å². The fourth-order valence-electron chi connectivity index (χ4n) is 2.82. The van der Waals surface area contributed by atoms with Crippen LogP contribution in [-0.2, 0) is 0 Å². The summed E-state index contributed by atoms with van der Waals surface area (Å²) in [5, 5.41) is 12.0. The Balaban J connectivity index is 2.43. The van der Waals surface area contributed by atoms with E-state index in [9.17, 15) is 9.59 Å². The van der Waals surface area contributed by atoms with E-state index in [2.05, 4.69) is 15.3 Å². The number of aryl methyl sites for hydroxylation is 1. The second-order valence-electron chi connectivity index (χ2n) is 6.02. The summed E-state index contributed by atoms with van der Waals surface area (Å²) in [4.78, 5) is 33.0. The topological polar surface area (TPSA) is 97.1 Å². The van der Waals surface area contributed by atoms with E-state index in [1.165, 1.54) is 4.57 Å². The summed E-state index contributed by atoms with van der Waals surface area (Å²) >= 11 is 6.23. The van der Waals surface area contributed by atoms with Crippen LogP contribution >= 0.6 is 11.6 Å². The first-order chi connectivity index (χ1) is 12.3. The molecule has 26 heavy (non-hydrogen) atoms. The van der Waals surface area contributed by atoms with Gasteiger partial charge in [-0.25, -0.2) is 9.78 Å². The van der Waals surface area contributed by atoms with Gasteiger partial charge in [-0.15, -0.1) is 0 Å². The SMILES string of the molecule is Cc1cncc(-n2c(C(C)NC(=O)O)nc3cccc(Cl)c3c2=O)c1C. The number of fused-ring (bicyclic) bond motifs is 1. The first-order valence-electron chi connectivity index (χ1n) is 7.93. The molecule has 8 heteroatoms. The predicted molar refractivity (Wildman–Crippen MR) is 99.2 cm³/mol. The van der Waals surface area contributed by atoms with Gasteiger partial charge in [0.2, 0.25) is 0 Å². The molecule has 3 rings (SSSR count). The standard InChI is InChI=1S/C18H17ClN4O3/c1-9-7-20-8-14(10(9)2)23-16(11(3)21-18(25)26)22-13-6-4-5-12(19)15(13)17(23)24/h4-8,11,21H,1-3H3,(H,25,26). The Hall–Kier alpha value is -2.93. The van der Waals surface area contributed by atoms with Crippen molar-refractivity contribution in [2.75, 3.05) is 0 Å². The minimum Gasteiger partial charge on any atom is -0.465 e. The second kappa shape index (κ2) is 6.76. The first-order valence-corrected chi connectivity index (χ1v) is 8.31. The van der Waals surface area contributed by atoms with Crippen molar-refractivity contribution < 1.29 is 9.90 Å². The Labute approximate surface area is 154 Å². The predicted octanol–water partition coefficient (Wildman–Crippen LogP) is 3.38. The fraction of sp³-hybridized carbons (Fsp3) is 0.222. The summed E-state index contributed by atoms with van der Waals surface area (Å²) < 4.78 is 1.38. The van der Waals surface area contributed by atoms with Crippen LogP contribution in [0.5, 0.6) is 0 Å². The Morgan fingerprint density at radius 2 is 2.04 bits per heavy atom. The van der Waals surface area contributed by atoms with Crippen molar-refractivity contribution in [3.63, 3.8) is 0 Å². The molecule has 1 amide bonds. The molecular formula is C18H17ClN4O3. The van der Waals surface area contributed by atoms with E-state index in [1.54, 1.807) is 37.5 Å². The molecule has 1 unspecified atom stereocenters. The third-order valence-corrected chi connectivity index (χ3v) is 4.60. The zero-order chi connectivity index (χ0) is 19.0. The summed E-state index contributed by atoms with van der Waals surface area (Å²) in [6, 6.07) is 4.27. The maximum atomic E-state index is 13.3. The molecule has 0 fully saturated rings. The van der Waals surface area contributed by atoms with Gasteiger partial charge < -0.3 is 10.4 Å². The zero-order valence-electron chi connectivity index (χ0n) is 14.4. The number of nitrogens with one attached hydrogen (secondary N) is 1. The average Bonchev–Trinajstić information content (AvgIpc) is 2.57. The van der Waals surface area contributed by atoms with Crippen molar-refractivity contribution in [2.24, 2.45) is 0 Å². The second-order valence-corrected chi connectivity index (χ2v) is 6.42. The summed E-state index contributed by atoms with van der Waals surface area (Å²) in [5.74, 6) is 0.266. The number of aromatic nitrogens is 3. The molecule has 0 saturated heterocycles. The summed E-state index contributed by atoms with van der Waals surface area (Å²) in [6.45, 7) is 5.38. The summed E-state index contributed by atoms with van der Waals surface area (Å²) in [6.07, 6.45) is 2.05. The lowest BCUT2D eigenvalue weighted by atomic mass is 10.1. The molecule has 3 aromatic rings. The van der Waals surface area contributed by atoms with Crippen molar-refractivity contribution >= 4 is 28.6 Å². The molecule has 0 aliphatic carbocycles. The van der Waals surface area contributed by atoms with Gasteiger partial charge in [0, 0.05) is 6.20 Å². The Morgan fingerprint density at radius 1 is 1.31 bits per heavy atom. The maximum absolute atomic E-state index is 13.3. The Kier molecular flexibility index (Phi) is 4.65. The van der Waals surface area contributed by atoms with Crippen molar-refractivity contribution in [2.45, 2.75) is 26.8 Å². The average molecular weight is 373 g/mol. The quantitative estimate of drug-likeness (QED) is 0.734. The Morgan fingerprint density at radius 3 is 2.73 bits per heavy atom. The molecule has 0 spiro atoms. The van der Waals surface area contributed by atoms with Crippen LogP contribution in [0.3, 0.4) is 0 Å². The molecule has 7 nitrogen and oxygen atoms in total. The Bertz CT molecular complexity index is 1080. The van der Waals surface area contributed by atoms with Gasteiger partial charge in [0.25, 0.3) is 5.56 Å². The highest BCUT2D eigenvalue weighted by atomic mass is 35.5. The van der Waals surface area contributed by atoms with E-state index >= 15 is 0 Å². The maximum Gasteiger partial charge on any atom is 0.405 e. The van der Waals surface area contributed by atoms with Crippen molar-refractivity contribution in [1.82, 2.24) is 19.9 Å². The highest BCUT2D eigenvalue weighted by Crippen LogP contribution is 2.24. The normalized spacial score (nSPS) is 12.2. The largest absolute Gasteiger partial charge is 0.465 e. The lowest BCUT2D eigenvalue weighted by molar-refractivity contribution is 0.190. The zero-order valence-corrected chi connectivity index (χ0v) is 15.2. The molecule has 1 aromatic carbocycles. The van der Waals surface area contributed by atoms with Crippen LogP contribution in [0.4, 0.5) is 4.79 Å². The minimum atomic E-state index is -1.21. The molecule has 0 aliphatic rings. The van der Waals surface area contributed by atoms with Crippen LogP contribution in [-0.4, -0.2) is 25.7 Å². The van der Waals surface area contributed by atoms with Crippen molar-refractivity contribution in [1.29, 1.82) is 0 Å². The van der Waals surface area contributed by atoms with E-state index in [-0.39, 0.29) is 21.8 Å². The number of amides is 1. The molecule has 1 atom stereocenters. The molecular weight excluding hydrogens is 356 g/mol. The summed E-state index contributed by atoms with van der Waals surface area (Å²) in [7, 11) is 0. The van der Waals surface area contributed by atoms with Crippen LogP contribution in [0.2, 0.25) is 5.02 Å². The van der Waals surface area contributed by atoms with Gasteiger partial charge in [-0.3, -0.25) is 14.3 Å². The number of pyridine rings is 1. The number of carboxylic acid groups (broad SMARTS) is 1. The van der Waals surface area contributed by atoms with E-state index in [1.807, 2.05) is 13.8 Å². The number of hydrogen-bond donors (Lipinski definition) is 2. The third kappa shape index (κ3) is 3.01. The van der Waals surface area contributed by atoms with Gasteiger partial charge in [-0.2, -0.15) is 0 Å². The smallest absolute Gasteiger partial charge is 0.405 e. The van der Waals surface area contributed by atoms with E-state index in [0.717, 1.165) is 11.1 Å². The molecule has 2 N–H and O–H groups in total. The van der Waals surface area contributed by atoms with Crippen LogP contribution in [0.25, 0.3) is 16.6 Å². The van der Waals surface area contributed by atoms with Gasteiger partial charge in [0.1, 0.15) is 5.82 Å². The highest BCUT2D eigenvalue weighted by Gasteiger charge is 2.21. The monoisotopic (exact) mass is 372 g/mol. The number of hydrogen-bond acceptors (Lipinski definition) is 4. The molecule has 0 aliphatic heterocycles. The highest BCUT2D eigenvalue weighted by molar-refractivity contribution is 6.35. The van der Waals surface area contributed by atoms with Gasteiger partial charge in [-0.05, 0) is 44.0 Å².